The summed E-state index contributed by atoms with van der Waals surface area (Å²) < 4.78 is 15.8. The van der Waals surface area contributed by atoms with E-state index in [1.807, 2.05) is 12.1 Å². The van der Waals surface area contributed by atoms with E-state index in [-0.39, 0.29) is 24.8 Å². The molecule has 36 heavy (non-hydrogen) atoms. The zero-order valence-corrected chi connectivity index (χ0v) is 21.9. The van der Waals surface area contributed by atoms with Gasteiger partial charge in [-0.2, -0.15) is 0 Å². The predicted molar refractivity (Wildman–Crippen MR) is 152 cm³/mol. The molecule has 188 valence electrons. The first-order chi connectivity index (χ1) is 16.8. The van der Waals surface area contributed by atoms with Gasteiger partial charge in [0.2, 0.25) is 0 Å². The lowest BCUT2D eigenvalue weighted by Crippen LogP contribution is -2.38. The molecule has 3 heterocycles. The van der Waals surface area contributed by atoms with E-state index in [1.165, 1.54) is 38.9 Å². The third-order valence-electron chi connectivity index (χ3n) is 6.87. The monoisotopic (exact) mass is 523 g/mol. The van der Waals surface area contributed by atoms with Crippen molar-refractivity contribution in [1.82, 2.24) is 13.9 Å². The number of rotatable bonds is 6. The fourth-order valence-corrected chi connectivity index (χ4v) is 5.13. The molecule has 3 aromatic carbocycles. The maximum Gasteiger partial charge on any atom is 0.126 e. The standard InChI is InChI=1S/C29H29N3O2.2ClH/c1-33-24-13-11-22(12-14-24)25-21-32-27-10-6-5-9-26(27)31(16-15-30-17-19-34-20-18-30)29(32)28(25)23-7-3-2-4-8-23;;/h2-14,21H,15-20H2,1H3;2*1H. The number of benzene rings is 3. The number of hydrogen-bond donors (Lipinski definition) is 0. The van der Waals surface area contributed by atoms with Gasteiger partial charge < -0.3 is 14.0 Å². The lowest BCUT2D eigenvalue weighted by molar-refractivity contribution is 0.0366. The lowest BCUT2D eigenvalue weighted by Gasteiger charge is -2.26. The molecule has 0 amide bonds. The number of methoxy groups -OCH3 is 1. The molecule has 0 unspecified atom stereocenters. The van der Waals surface area contributed by atoms with Crippen LogP contribution in [0.25, 0.3) is 38.9 Å². The Kier molecular flexibility index (Phi) is 8.27. The van der Waals surface area contributed by atoms with E-state index in [2.05, 4.69) is 86.8 Å². The number of aromatic nitrogens is 2. The van der Waals surface area contributed by atoms with Gasteiger partial charge in [0.1, 0.15) is 11.4 Å². The summed E-state index contributed by atoms with van der Waals surface area (Å²) in [5, 5.41) is 0. The highest BCUT2D eigenvalue weighted by Gasteiger charge is 2.22. The van der Waals surface area contributed by atoms with E-state index < -0.39 is 0 Å². The molecule has 5 aromatic rings. The second-order valence-electron chi connectivity index (χ2n) is 8.80. The largest absolute Gasteiger partial charge is 0.497 e. The number of imidazole rings is 1. The second kappa shape index (κ2) is 11.4. The van der Waals surface area contributed by atoms with Crippen LogP contribution in [0, 0.1) is 0 Å². The number of nitrogens with zero attached hydrogens (tertiary/aromatic N) is 3. The Morgan fingerprint density at radius 1 is 0.750 bits per heavy atom. The van der Waals surface area contributed by atoms with Gasteiger partial charge in [0, 0.05) is 43.5 Å². The fourth-order valence-electron chi connectivity index (χ4n) is 5.13. The van der Waals surface area contributed by atoms with E-state index in [9.17, 15) is 0 Å². The van der Waals surface area contributed by atoms with Crippen LogP contribution in [0.5, 0.6) is 5.75 Å². The third kappa shape index (κ3) is 4.72. The van der Waals surface area contributed by atoms with Gasteiger partial charge in [-0.1, -0.05) is 54.6 Å². The van der Waals surface area contributed by atoms with Gasteiger partial charge in [0.15, 0.2) is 0 Å². The molecule has 6 rings (SSSR count). The smallest absolute Gasteiger partial charge is 0.126 e. The average Bonchev–Trinajstić information content (AvgIpc) is 3.44. The summed E-state index contributed by atoms with van der Waals surface area (Å²) in [6.07, 6.45) is 2.30. The molecule has 1 aliphatic heterocycles. The van der Waals surface area contributed by atoms with E-state index in [4.69, 9.17) is 9.47 Å². The Morgan fingerprint density at radius 3 is 2.11 bits per heavy atom. The van der Waals surface area contributed by atoms with Crippen LogP contribution in [0.15, 0.2) is 85.1 Å². The number of morpholine rings is 1. The summed E-state index contributed by atoms with van der Waals surface area (Å²) in [5.41, 5.74) is 8.66. The van der Waals surface area contributed by atoms with Crippen LogP contribution in [0.2, 0.25) is 0 Å². The fraction of sp³-hybridized carbons (Fsp3) is 0.241. The van der Waals surface area contributed by atoms with Crippen molar-refractivity contribution in [2.45, 2.75) is 6.54 Å². The summed E-state index contributed by atoms with van der Waals surface area (Å²) in [6.45, 7) is 5.59. The second-order valence-corrected chi connectivity index (χ2v) is 8.80. The lowest BCUT2D eigenvalue weighted by atomic mass is 9.98. The molecular weight excluding hydrogens is 493 g/mol. The van der Waals surface area contributed by atoms with Crippen molar-refractivity contribution >= 4 is 41.5 Å². The molecule has 5 nitrogen and oxygen atoms in total. The van der Waals surface area contributed by atoms with Crippen LogP contribution in [0.4, 0.5) is 0 Å². The first-order valence-electron chi connectivity index (χ1n) is 12.0. The Labute approximate surface area is 224 Å². The molecule has 2 aromatic heterocycles. The number of ether oxygens (including phenoxy) is 2. The zero-order chi connectivity index (χ0) is 22.9. The third-order valence-corrected chi connectivity index (χ3v) is 6.87. The first-order valence-corrected chi connectivity index (χ1v) is 12.0. The van der Waals surface area contributed by atoms with E-state index in [0.29, 0.717) is 0 Å². The van der Waals surface area contributed by atoms with Crippen molar-refractivity contribution in [2.24, 2.45) is 0 Å². The molecule has 0 saturated carbocycles. The Bertz CT molecular complexity index is 1420. The van der Waals surface area contributed by atoms with Gasteiger partial charge in [0.25, 0.3) is 0 Å². The number of para-hydroxylation sites is 2. The van der Waals surface area contributed by atoms with Crippen molar-refractivity contribution in [2.75, 3.05) is 40.0 Å². The van der Waals surface area contributed by atoms with E-state index >= 15 is 0 Å². The van der Waals surface area contributed by atoms with Crippen LogP contribution >= 0.6 is 24.8 Å². The molecule has 0 N–H and O–H groups in total. The molecule has 1 fully saturated rings. The van der Waals surface area contributed by atoms with Crippen molar-refractivity contribution in [1.29, 1.82) is 0 Å². The Balaban J connectivity index is 0.00000152. The number of halogens is 2. The molecule has 0 radical (unpaired) electrons. The van der Waals surface area contributed by atoms with Crippen molar-refractivity contribution in [3.8, 4) is 28.0 Å². The molecule has 0 bridgehead atoms. The average molecular weight is 524 g/mol. The molecular formula is C29H31Cl2N3O2. The van der Waals surface area contributed by atoms with Gasteiger partial charge in [0.05, 0.1) is 31.4 Å². The minimum atomic E-state index is 0. The first kappa shape index (κ1) is 26.1. The highest BCUT2D eigenvalue weighted by molar-refractivity contribution is 5.98. The SMILES string of the molecule is COc1ccc(-c2cn3c4ccccc4n(CCN4CCOCC4)c3c2-c2ccccc2)cc1.Cl.Cl. The normalized spacial score (nSPS) is 13.9. The van der Waals surface area contributed by atoms with Crippen LogP contribution in [-0.2, 0) is 11.3 Å². The number of fused-ring (bicyclic) bond motifs is 3. The van der Waals surface area contributed by atoms with Gasteiger partial charge in [-0.3, -0.25) is 9.30 Å². The summed E-state index contributed by atoms with van der Waals surface area (Å²) in [4.78, 5) is 2.50. The van der Waals surface area contributed by atoms with Crippen LogP contribution in [0.3, 0.4) is 0 Å². The highest BCUT2D eigenvalue weighted by atomic mass is 35.5. The Morgan fingerprint density at radius 2 is 1.42 bits per heavy atom. The molecule has 1 aliphatic rings. The quantitative estimate of drug-likeness (QED) is 0.257. The topological polar surface area (TPSA) is 31.0 Å². The summed E-state index contributed by atoms with van der Waals surface area (Å²) in [5.74, 6) is 0.870. The van der Waals surface area contributed by atoms with Gasteiger partial charge in [-0.05, 0) is 35.4 Å². The Hall–Kier alpha value is -2.96. The van der Waals surface area contributed by atoms with Crippen molar-refractivity contribution in [3.63, 3.8) is 0 Å². The predicted octanol–water partition coefficient (Wildman–Crippen LogP) is 6.41. The van der Waals surface area contributed by atoms with Crippen LogP contribution in [-0.4, -0.2) is 53.8 Å². The van der Waals surface area contributed by atoms with Gasteiger partial charge in [-0.25, -0.2) is 0 Å². The molecule has 7 heteroatoms. The maximum absolute atomic E-state index is 5.56. The molecule has 1 saturated heterocycles. The summed E-state index contributed by atoms with van der Waals surface area (Å²) in [6, 6.07) is 27.9. The maximum atomic E-state index is 5.56. The summed E-state index contributed by atoms with van der Waals surface area (Å²) >= 11 is 0. The van der Waals surface area contributed by atoms with Crippen LogP contribution in [0.1, 0.15) is 0 Å². The van der Waals surface area contributed by atoms with Gasteiger partial charge >= 0.3 is 0 Å². The van der Waals surface area contributed by atoms with E-state index in [0.717, 1.165) is 45.1 Å². The zero-order valence-electron chi connectivity index (χ0n) is 20.3. The molecule has 0 aliphatic carbocycles. The minimum absolute atomic E-state index is 0. The highest BCUT2D eigenvalue weighted by Crippen LogP contribution is 2.40. The van der Waals surface area contributed by atoms with Crippen molar-refractivity contribution < 1.29 is 9.47 Å². The summed E-state index contributed by atoms with van der Waals surface area (Å²) in [7, 11) is 1.71. The van der Waals surface area contributed by atoms with Crippen LogP contribution < -0.4 is 4.74 Å². The molecule has 0 spiro atoms. The van der Waals surface area contributed by atoms with Gasteiger partial charge in [-0.15, -0.1) is 24.8 Å². The molecule has 0 atom stereocenters. The number of hydrogen-bond acceptors (Lipinski definition) is 3. The minimum Gasteiger partial charge on any atom is -0.497 e. The van der Waals surface area contributed by atoms with Crippen molar-refractivity contribution in [3.05, 3.63) is 85.1 Å². The van der Waals surface area contributed by atoms with E-state index in [1.54, 1.807) is 7.11 Å².